The number of carbonyl (C=O) groups excluding carboxylic acids is 1. The maximum absolute atomic E-state index is 11.1. The van der Waals surface area contributed by atoms with E-state index in [2.05, 4.69) is 18.9 Å². The topological polar surface area (TPSA) is 34.9 Å². The molecule has 0 atom stereocenters. The van der Waals surface area contributed by atoms with Gasteiger partial charge in [0.1, 0.15) is 5.69 Å². The van der Waals surface area contributed by atoms with Gasteiger partial charge in [0.15, 0.2) is 6.29 Å². The number of carbonyl (C=O) groups is 1. The minimum absolute atomic E-state index is 0.453. The summed E-state index contributed by atoms with van der Waals surface area (Å²) in [4.78, 5) is 11.1. The van der Waals surface area contributed by atoms with Crippen LogP contribution in [0.5, 0.6) is 0 Å². The Bertz CT molecular complexity index is 605. The van der Waals surface area contributed by atoms with Crippen LogP contribution in [0.25, 0.3) is 11.3 Å². The molecule has 0 radical (unpaired) electrons. The van der Waals surface area contributed by atoms with Gasteiger partial charge in [0.05, 0.1) is 15.6 Å². The van der Waals surface area contributed by atoms with Crippen LogP contribution in [0.2, 0.25) is 10.0 Å². The Kier molecular flexibility index (Phi) is 4.27. The Labute approximate surface area is 122 Å². The SMILES string of the molecule is CC(C)Cn1cc(C=O)c(-c2ccc(Cl)c(Cl)c2)n1. The minimum Gasteiger partial charge on any atom is -0.298 e. The van der Waals surface area contributed by atoms with E-state index in [4.69, 9.17) is 23.2 Å². The highest BCUT2D eigenvalue weighted by molar-refractivity contribution is 6.42. The molecule has 2 aromatic rings. The van der Waals surface area contributed by atoms with E-state index in [1.54, 1.807) is 23.0 Å². The second-order valence-electron chi connectivity index (χ2n) is 4.80. The molecule has 2 rings (SSSR count). The second-order valence-corrected chi connectivity index (χ2v) is 5.61. The molecule has 19 heavy (non-hydrogen) atoms. The molecule has 5 heteroatoms. The van der Waals surface area contributed by atoms with Crippen molar-refractivity contribution in [3.8, 4) is 11.3 Å². The molecular formula is C14H14Cl2N2O. The van der Waals surface area contributed by atoms with Crippen molar-refractivity contribution < 1.29 is 4.79 Å². The first-order valence-corrected chi connectivity index (χ1v) is 6.75. The third kappa shape index (κ3) is 3.17. The van der Waals surface area contributed by atoms with Crippen molar-refractivity contribution in [1.29, 1.82) is 0 Å². The fourth-order valence-electron chi connectivity index (χ4n) is 1.86. The van der Waals surface area contributed by atoms with Gasteiger partial charge in [0.2, 0.25) is 0 Å². The first-order valence-electron chi connectivity index (χ1n) is 5.99. The highest BCUT2D eigenvalue weighted by atomic mass is 35.5. The number of aldehydes is 1. The third-order valence-electron chi connectivity index (χ3n) is 2.66. The van der Waals surface area contributed by atoms with E-state index in [-0.39, 0.29) is 0 Å². The van der Waals surface area contributed by atoms with Gasteiger partial charge in [0.25, 0.3) is 0 Å². The van der Waals surface area contributed by atoms with Gasteiger partial charge < -0.3 is 0 Å². The van der Waals surface area contributed by atoms with Gasteiger partial charge in [-0.1, -0.05) is 43.1 Å². The van der Waals surface area contributed by atoms with Gasteiger partial charge in [-0.15, -0.1) is 0 Å². The summed E-state index contributed by atoms with van der Waals surface area (Å²) < 4.78 is 1.78. The molecule has 0 amide bonds. The summed E-state index contributed by atoms with van der Waals surface area (Å²) >= 11 is 11.9. The quantitative estimate of drug-likeness (QED) is 0.787. The van der Waals surface area contributed by atoms with E-state index in [1.165, 1.54) is 0 Å². The number of halogens is 2. The summed E-state index contributed by atoms with van der Waals surface area (Å²) in [5.41, 5.74) is 1.98. The normalized spacial score (nSPS) is 11.0. The summed E-state index contributed by atoms with van der Waals surface area (Å²) in [6.45, 7) is 4.96. The first-order chi connectivity index (χ1) is 9.01. The lowest BCUT2D eigenvalue weighted by molar-refractivity contribution is 0.112. The lowest BCUT2D eigenvalue weighted by Crippen LogP contribution is -2.04. The molecule has 1 aromatic carbocycles. The molecule has 0 fully saturated rings. The molecule has 0 aliphatic heterocycles. The van der Waals surface area contributed by atoms with E-state index in [1.807, 2.05) is 6.07 Å². The zero-order valence-corrected chi connectivity index (χ0v) is 12.2. The van der Waals surface area contributed by atoms with Gasteiger partial charge in [-0.25, -0.2) is 0 Å². The van der Waals surface area contributed by atoms with Gasteiger partial charge in [-0.2, -0.15) is 5.10 Å². The van der Waals surface area contributed by atoms with E-state index in [0.717, 1.165) is 18.4 Å². The molecule has 1 aromatic heterocycles. The number of hydrogen-bond donors (Lipinski definition) is 0. The molecule has 0 saturated carbocycles. The van der Waals surface area contributed by atoms with Gasteiger partial charge in [-0.05, 0) is 18.1 Å². The number of hydrogen-bond acceptors (Lipinski definition) is 2. The van der Waals surface area contributed by atoms with Crippen LogP contribution in [0.15, 0.2) is 24.4 Å². The highest BCUT2D eigenvalue weighted by Gasteiger charge is 2.12. The van der Waals surface area contributed by atoms with Crippen LogP contribution in [0.3, 0.4) is 0 Å². The van der Waals surface area contributed by atoms with Crippen LogP contribution in [0.4, 0.5) is 0 Å². The predicted octanol–water partition coefficient (Wildman–Crippen LogP) is 4.33. The maximum Gasteiger partial charge on any atom is 0.153 e. The third-order valence-corrected chi connectivity index (χ3v) is 3.40. The maximum atomic E-state index is 11.1. The molecule has 1 heterocycles. The average molecular weight is 297 g/mol. The lowest BCUT2D eigenvalue weighted by Gasteiger charge is -2.04. The molecule has 100 valence electrons. The summed E-state index contributed by atoms with van der Waals surface area (Å²) in [5, 5.41) is 5.38. The molecule has 0 saturated heterocycles. The van der Waals surface area contributed by atoms with Crippen LogP contribution < -0.4 is 0 Å². The van der Waals surface area contributed by atoms with Crippen molar-refractivity contribution in [3.63, 3.8) is 0 Å². The smallest absolute Gasteiger partial charge is 0.153 e. The van der Waals surface area contributed by atoms with Gasteiger partial charge >= 0.3 is 0 Å². The molecule has 3 nitrogen and oxygen atoms in total. The minimum atomic E-state index is 0.453. The van der Waals surface area contributed by atoms with Crippen LogP contribution in [-0.2, 0) is 6.54 Å². The first kappa shape index (κ1) is 14.1. The monoisotopic (exact) mass is 296 g/mol. The molecule has 0 N–H and O–H groups in total. The lowest BCUT2D eigenvalue weighted by atomic mass is 10.1. The van der Waals surface area contributed by atoms with Crippen molar-refractivity contribution in [2.24, 2.45) is 5.92 Å². The molecule has 0 bridgehead atoms. The van der Waals surface area contributed by atoms with E-state index < -0.39 is 0 Å². The van der Waals surface area contributed by atoms with Crippen molar-refractivity contribution in [2.45, 2.75) is 20.4 Å². The van der Waals surface area contributed by atoms with E-state index >= 15 is 0 Å². The fourth-order valence-corrected chi connectivity index (χ4v) is 2.16. The van der Waals surface area contributed by atoms with Crippen LogP contribution in [0.1, 0.15) is 24.2 Å². The average Bonchev–Trinajstić information content (AvgIpc) is 2.74. The summed E-state index contributed by atoms with van der Waals surface area (Å²) in [5.74, 6) is 0.459. The van der Waals surface area contributed by atoms with E-state index in [0.29, 0.717) is 27.2 Å². The van der Waals surface area contributed by atoms with Crippen LogP contribution in [0, 0.1) is 5.92 Å². The van der Waals surface area contributed by atoms with E-state index in [9.17, 15) is 4.79 Å². The summed E-state index contributed by atoms with van der Waals surface area (Å²) in [6.07, 6.45) is 2.56. The number of nitrogens with zero attached hydrogens (tertiary/aromatic N) is 2. The van der Waals surface area contributed by atoms with Gasteiger partial charge in [0, 0.05) is 18.3 Å². The Hall–Kier alpha value is -1.32. The summed E-state index contributed by atoms with van der Waals surface area (Å²) in [7, 11) is 0. The van der Waals surface area contributed by atoms with Crippen molar-refractivity contribution >= 4 is 29.5 Å². The number of aromatic nitrogens is 2. The molecule has 0 aliphatic rings. The second kappa shape index (κ2) is 5.76. The number of rotatable bonds is 4. The zero-order valence-electron chi connectivity index (χ0n) is 10.7. The highest BCUT2D eigenvalue weighted by Crippen LogP contribution is 2.29. The zero-order chi connectivity index (χ0) is 14.0. The van der Waals surface area contributed by atoms with Crippen LogP contribution >= 0.6 is 23.2 Å². The molecular weight excluding hydrogens is 283 g/mol. The Morgan fingerprint density at radius 2 is 2.05 bits per heavy atom. The molecule has 0 aliphatic carbocycles. The molecule has 0 spiro atoms. The Balaban J connectivity index is 2.45. The standard InChI is InChI=1S/C14H14Cl2N2O/c1-9(2)6-18-7-11(8-19)14(17-18)10-3-4-12(15)13(16)5-10/h3-5,7-9H,6H2,1-2H3. The largest absolute Gasteiger partial charge is 0.298 e. The fraction of sp³-hybridized carbons (Fsp3) is 0.286. The van der Waals surface area contributed by atoms with Crippen molar-refractivity contribution in [3.05, 3.63) is 40.0 Å². The number of benzene rings is 1. The Morgan fingerprint density at radius 1 is 1.32 bits per heavy atom. The van der Waals surface area contributed by atoms with Crippen molar-refractivity contribution in [2.75, 3.05) is 0 Å². The predicted molar refractivity (Wildman–Crippen MR) is 77.9 cm³/mol. The van der Waals surface area contributed by atoms with Gasteiger partial charge in [-0.3, -0.25) is 9.48 Å². The molecule has 0 unspecified atom stereocenters. The summed E-state index contributed by atoms with van der Waals surface area (Å²) in [6, 6.07) is 5.23. The Morgan fingerprint density at radius 3 is 2.63 bits per heavy atom. The van der Waals surface area contributed by atoms with Crippen LogP contribution in [-0.4, -0.2) is 16.1 Å². The van der Waals surface area contributed by atoms with Crippen molar-refractivity contribution in [1.82, 2.24) is 9.78 Å².